The second-order valence-electron chi connectivity index (χ2n) is 15.9. The number of ether oxygens (including phenoxy) is 2. The number of sulfone groups is 1. The number of carbonyl (C=O) groups is 3. The molecule has 40 heteroatoms. The molecule has 1 heterocycles. The molecule has 0 aliphatic carbocycles. The van der Waals surface area contributed by atoms with Gasteiger partial charge in [-0.2, -0.15) is 4.68 Å². The number of carbonyl (C=O) groups excluding carboxylic acids is 3. The van der Waals surface area contributed by atoms with Gasteiger partial charge in [0.05, 0.1) is 25.7 Å². The third-order valence-corrected chi connectivity index (χ3v) is 196. The molecule has 0 saturated carbocycles. The van der Waals surface area contributed by atoms with Crippen LogP contribution < -0.4 is 0 Å². The van der Waals surface area contributed by atoms with Crippen molar-refractivity contribution in [3.63, 3.8) is 0 Å². The molecule has 0 fully saturated rings. The second-order valence-corrected chi connectivity index (χ2v) is 130. The van der Waals surface area contributed by atoms with Crippen molar-refractivity contribution in [2.24, 2.45) is 23.7 Å². The van der Waals surface area contributed by atoms with Crippen LogP contribution in [0.5, 0.6) is 0 Å². The Morgan fingerprint density at radius 1 is 0.632 bits per heavy atom. The molecule has 0 aliphatic heterocycles. The van der Waals surface area contributed by atoms with Gasteiger partial charge in [-0.3, -0.25) is 0 Å². The highest BCUT2D eigenvalue weighted by molar-refractivity contribution is 9.42. The van der Waals surface area contributed by atoms with Crippen LogP contribution in [-0.4, -0.2) is 66.8 Å². The molecule has 0 saturated heterocycles. The highest BCUT2D eigenvalue weighted by Crippen LogP contribution is 3.37. The Labute approximate surface area is 509 Å². The van der Waals surface area contributed by atoms with E-state index in [0.29, 0.717) is 29.0 Å². The lowest BCUT2D eigenvalue weighted by Gasteiger charge is -2.51. The first kappa shape index (κ1) is 88.3. The van der Waals surface area contributed by atoms with Crippen molar-refractivity contribution in [3.05, 3.63) is 65.8 Å². The van der Waals surface area contributed by atoms with Crippen LogP contribution in [0.4, 0.5) is 0 Å². The van der Waals surface area contributed by atoms with Crippen LogP contribution >= 0.6 is 225 Å². The van der Waals surface area contributed by atoms with E-state index >= 15 is 0 Å². The smallest absolute Gasteiger partial charge is 0.330 e. The zero-order chi connectivity index (χ0) is 58.5. The average Bonchev–Trinajstić information content (AvgIpc) is 3.85. The Balaban J connectivity index is -0.000000999. The van der Waals surface area contributed by atoms with E-state index in [1.807, 2.05) is 19.9 Å². The second kappa shape index (κ2) is 49.8. The van der Waals surface area contributed by atoms with Gasteiger partial charge in [-0.15, -0.1) is 134 Å². The predicted molar refractivity (Wildman–Crippen MR) is 427 cm³/mol. The summed E-state index contributed by atoms with van der Waals surface area (Å²) in [5.41, 5.74) is 2.18. The van der Waals surface area contributed by atoms with Crippen molar-refractivity contribution in [2.75, 3.05) is 20.0 Å². The maximum absolute atomic E-state index is 12.4. The molecule has 1 aromatic heterocycles. The Morgan fingerprint density at radius 2 is 1.04 bits per heavy atom. The van der Waals surface area contributed by atoms with E-state index in [0.717, 1.165) is 24.7 Å². The summed E-state index contributed by atoms with van der Waals surface area (Å²) in [4.78, 5) is 32.2. The summed E-state index contributed by atoms with van der Waals surface area (Å²) in [5.74, 6) is 1.08. The standard InChI is InChI=1S/C14H16N4O4S.C14H24O2.C7H14O.CH4.H30P28/c1-11(10-13(19)22-2)8-9-23(20,21)14-15-16-17-18(14)12-6-4-3-5-7-12;1-6-12(3)13(4)9-7-8-11(2)10-14(15)16-5;1-4-6(2)7(3)5-8;;1-16(2)23(15)27(24(17(3)4)18(5)6)28(25(19(7)8)20(9)10)26(21(11)12)22(13)14/h3-7,10H,8-9H2,1-2H3;7,9-10,12-13H,6,8H2,1-5H3;5-7H,4H2,1-3H3;1H4;1-15H2/b11-10+;9-7+,11-10+;;;/t;12-,13-;6-,7-;;/m.00../s1. The molecular weight excluding hydrogens is 1500 g/mol. The highest BCUT2D eigenvalue weighted by Gasteiger charge is 2.49. The molecule has 1 aromatic carbocycles. The molecule has 2 aromatic rings. The number of tetrazole rings is 1. The molecule has 0 bridgehead atoms. The number of allylic oxidation sites excluding steroid dienone is 4. The van der Waals surface area contributed by atoms with Gasteiger partial charge in [-0.05, 0) is 158 Å². The summed E-state index contributed by atoms with van der Waals surface area (Å²) in [7, 11) is 47.9. The molecule has 21 atom stereocenters. The predicted octanol–water partition coefficient (Wildman–Crippen LogP) is 23.3. The molecule has 76 heavy (non-hydrogen) atoms. The molecule has 17 unspecified atom stereocenters. The van der Waals surface area contributed by atoms with Crippen LogP contribution in [0.25, 0.3) is 5.69 Å². The van der Waals surface area contributed by atoms with E-state index in [9.17, 15) is 22.8 Å². The number of rotatable bonds is 27. The van der Waals surface area contributed by atoms with E-state index in [1.165, 1.54) is 37.5 Å². The first-order valence-corrected chi connectivity index (χ1v) is 74.0. The van der Waals surface area contributed by atoms with Crippen LogP contribution in [0.1, 0.15) is 88.5 Å². The molecular formula is C36H88N4O7P28S. The van der Waals surface area contributed by atoms with Crippen LogP contribution in [0.2, 0.25) is 0 Å². The molecule has 0 amide bonds. The zero-order valence-corrected chi connectivity index (χ0v) is 73.9. The van der Waals surface area contributed by atoms with Crippen molar-refractivity contribution in [1.29, 1.82) is 0 Å². The summed E-state index contributed by atoms with van der Waals surface area (Å²) in [6.45, 7) is 16.4. The number of hydrogen-bond acceptors (Lipinski definition) is 10. The van der Waals surface area contributed by atoms with Crippen LogP contribution in [0, 0.1) is 23.7 Å². The van der Waals surface area contributed by atoms with Gasteiger partial charge in [-0.1, -0.05) is 108 Å². The van der Waals surface area contributed by atoms with Crippen molar-refractivity contribution < 1.29 is 32.3 Å². The van der Waals surface area contributed by atoms with Gasteiger partial charge in [0, 0.05) is 18.1 Å². The normalized spacial score (nSPS) is 14.8. The highest BCUT2D eigenvalue weighted by atomic mass is 33.5. The summed E-state index contributed by atoms with van der Waals surface area (Å²) < 4.78 is 35.1. The van der Waals surface area contributed by atoms with Crippen molar-refractivity contribution >= 4 is 253 Å². The topological polar surface area (TPSA) is 147 Å². The molecule has 0 radical (unpaired) electrons. The molecule has 0 N–H and O–H groups in total. The lowest BCUT2D eigenvalue weighted by molar-refractivity contribution is -0.135. The Hall–Kier alpha value is 8.11. The van der Waals surface area contributed by atoms with Crippen molar-refractivity contribution in [2.45, 2.75) is 93.7 Å². The van der Waals surface area contributed by atoms with E-state index in [1.54, 1.807) is 31.2 Å². The minimum absolute atomic E-state index is 0. The largest absolute Gasteiger partial charge is 0.466 e. The van der Waals surface area contributed by atoms with Gasteiger partial charge in [0.1, 0.15) is 6.29 Å². The Bertz CT molecular complexity index is 2090. The first-order chi connectivity index (χ1) is 34.8. The molecule has 2 rings (SSSR count). The van der Waals surface area contributed by atoms with Gasteiger partial charge >= 0.3 is 11.9 Å². The SMILES string of the molecule is C.CC[C@H](C)[C@@H](C)/C=C/C/C(C)=C/C(=O)OC.CC[C@H](C)[C@@H](C)C=O.COC(=O)/C=C(\C)CCS(=O)(=O)c1nnnn1-c1ccccc1.PP(P)P(P)P(P(P(P)P)P(P)P)P(P(P(P)P)P(P)P)P(P(P)P)P(P)P. The minimum atomic E-state index is -3.70. The van der Waals surface area contributed by atoms with E-state index in [2.05, 4.69) is 206 Å². The number of aldehydes is 1. The van der Waals surface area contributed by atoms with Crippen molar-refractivity contribution in [3.8, 4) is 5.69 Å². The number of methoxy groups -OCH3 is 2. The van der Waals surface area contributed by atoms with E-state index < -0.39 is 15.8 Å². The third kappa shape index (κ3) is 36.2. The first-order valence-electron chi connectivity index (χ1n) is 22.1. The van der Waals surface area contributed by atoms with Gasteiger partial charge < -0.3 is 14.3 Å². The monoisotopic (exact) mass is 1590 g/mol. The van der Waals surface area contributed by atoms with Gasteiger partial charge in [0.25, 0.3) is 5.16 Å². The summed E-state index contributed by atoms with van der Waals surface area (Å²) in [6.07, 6.45) is 11.5. The maximum atomic E-state index is 12.4. The zero-order valence-electron chi connectivity index (χ0n) is 44.1. The van der Waals surface area contributed by atoms with E-state index in [4.69, 9.17) is 0 Å². The van der Waals surface area contributed by atoms with E-state index in [-0.39, 0.29) is 127 Å². The lowest BCUT2D eigenvalue weighted by Crippen LogP contribution is -2.14. The van der Waals surface area contributed by atoms with Gasteiger partial charge in [-0.25, -0.2) is 18.0 Å². The minimum Gasteiger partial charge on any atom is -0.466 e. The Morgan fingerprint density at radius 3 is 1.41 bits per heavy atom. The lowest BCUT2D eigenvalue weighted by atomic mass is 9.93. The fraction of sp³-hybridized carbons (Fsp3) is 0.556. The van der Waals surface area contributed by atoms with Crippen LogP contribution in [0.15, 0.2) is 70.9 Å². The third-order valence-electron chi connectivity index (χ3n) is 10.1. The van der Waals surface area contributed by atoms with Gasteiger partial charge in [0.2, 0.25) is 9.84 Å². The fourth-order valence-corrected chi connectivity index (χ4v) is 358. The number of aromatic nitrogens is 4. The summed E-state index contributed by atoms with van der Waals surface area (Å²) in [6, 6.07) is 8.74. The van der Waals surface area contributed by atoms with Crippen molar-refractivity contribution in [1.82, 2.24) is 20.2 Å². The summed E-state index contributed by atoms with van der Waals surface area (Å²) in [5, 5.41) is 10.6. The maximum Gasteiger partial charge on any atom is 0.330 e. The number of esters is 2. The number of benzene rings is 1. The van der Waals surface area contributed by atoms with Crippen LogP contribution in [-0.2, 0) is 33.7 Å². The van der Waals surface area contributed by atoms with Gasteiger partial charge in [0.15, 0.2) is 0 Å². The molecule has 0 aliphatic rings. The average molecular weight is 1590 g/mol. The number of para-hydroxylation sites is 1. The Kier molecular flexibility index (Phi) is 57.8. The van der Waals surface area contributed by atoms with Crippen LogP contribution in [0.3, 0.4) is 0 Å². The summed E-state index contributed by atoms with van der Waals surface area (Å²) >= 11 is 0. The number of nitrogens with zero attached hydrogens (tertiary/aromatic N) is 4. The molecule has 11 nitrogen and oxygen atoms in total. The quantitative estimate of drug-likeness (QED) is 0.0278. The fourth-order valence-electron chi connectivity index (χ4n) is 5.13. The molecule has 0 spiro atoms. The molecule has 440 valence electrons. The number of hydrogen-bond donors (Lipinski definition) is 0.